The highest BCUT2D eigenvalue weighted by molar-refractivity contribution is 5.77. The summed E-state index contributed by atoms with van der Waals surface area (Å²) in [4.78, 5) is 12.4. The molecular formula is C19H24N2O4. The Bertz CT molecular complexity index is 652. The molecule has 1 N–H and O–H groups in total. The number of ether oxygens (including phenoxy) is 3. The van der Waals surface area contributed by atoms with E-state index in [-0.39, 0.29) is 5.91 Å². The van der Waals surface area contributed by atoms with Gasteiger partial charge >= 0.3 is 0 Å². The van der Waals surface area contributed by atoms with E-state index in [0.29, 0.717) is 51.7 Å². The zero-order chi connectivity index (χ0) is 17.8. The molecule has 1 aliphatic heterocycles. The summed E-state index contributed by atoms with van der Waals surface area (Å²) in [7, 11) is 1.62. The van der Waals surface area contributed by atoms with Gasteiger partial charge in [0.2, 0.25) is 5.91 Å². The fourth-order valence-corrected chi connectivity index (χ4v) is 3.52. The lowest BCUT2D eigenvalue weighted by atomic mass is 9.79. The third-order valence-electron chi connectivity index (χ3n) is 5.05. The summed E-state index contributed by atoms with van der Waals surface area (Å²) in [5.74, 6) is 0.139. The normalized spacial score (nSPS) is 20.8. The zero-order valence-corrected chi connectivity index (χ0v) is 14.5. The van der Waals surface area contributed by atoms with Gasteiger partial charge in [0.15, 0.2) is 5.79 Å². The van der Waals surface area contributed by atoms with Crippen molar-refractivity contribution < 1.29 is 19.0 Å². The van der Waals surface area contributed by atoms with Gasteiger partial charge in [-0.3, -0.25) is 4.79 Å². The van der Waals surface area contributed by atoms with Gasteiger partial charge in [-0.05, 0) is 37.0 Å². The Labute approximate surface area is 148 Å². The molecule has 3 rings (SSSR count). The first-order valence-electron chi connectivity index (χ1n) is 8.72. The largest absolute Gasteiger partial charge is 0.497 e. The fraction of sp³-hybridized carbons (Fsp3) is 0.579. The maximum atomic E-state index is 12.4. The van der Waals surface area contributed by atoms with Crippen molar-refractivity contribution in [2.24, 2.45) is 0 Å². The molecular weight excluding hydrogens is 320 g/mol. The molecule has 1 aromatic rings. The molecule has 2 aliphatic rings. The highest BCUT2D eigenvalue weighted by atomic mass is 16.7. The van der Waals surface area contributed by atoms with Crippen LogP contribution in [0.15, 0.2) is 24.3 Å². The molecule has 1 saturated carbocycles. The predicted molar refractivity (Wildman–Crippen MR) is 90.9 cm³/mol. The van der Waals surface area contributed by atoms with Gasteiger partial charge in [-0.1, -0.05) is 12.1 Å². The summed E-state index contributed by atoms with van der Waals surface area (Å²) in [6.07, 6.45) is 3.33. The Kier molecular flexibility index (Phi) is 5.26. The Balaban J connectivity index is 1.53. The number of rotatable bonds is 5. The molecule has 6 nitrogen and oxygen atoms in total. The Hall–Kier alpha value is -2.10. The summed E-state index contributed by atoms with van der Waals surface area (Å²) >= 11 is 0. The lowest BCUT2D eigenvalue weighted by molar-refractivity contribution is -0.183. The quantitative estimate of drug-likeness (QED) is 0.887. The maximum Gasteiger partial charge on any atom is 0.221 e. The summed E-state index contributed by atoms with van der Waals surface area (Å²) < 4.78 is 16.6. The minimum Gasteiger partial charge on any atom is -0.497 e. The number of nitrogens with one attached hydrogen (secondary N) is 1. The van der Waals surface area contributed by atoms with Gasteiger partial charge in [0, 0.05) is 19.3 Å². The average molecular weight is 344 g/mol. The van der Waals surface area contributed by atoms with E-state index in [1.54, 1.807) is 7.11 Å². The van der Waals surface area contributed by atoms with Crippen molar-refractivity contribution in [3.05, 3.63) is 29.8 Å². The van der Waals surface area contributed by atoms with E-state index < -0.39 is 11.3 Å². The van der Waals surface area contributed by atoms with Gasteiger partial charge in [0.25, 0.3) is 0 Å². The van der Waals surface area contributed by atoms with Crippen LogP contribution in [0.4, 0.5) is 0 Å². The number of hydrogen-bond donors (Lipinski definition) is 1. The van der Waals surface area contributed by atoms with E-state index in [1.165, 1.54) is 0 Å². The van der Waals surface area contributed by atoms with Crippen molar-refractivity contribution in [2.75, 3.05) is 20.3 Å². The van der Waals surface area contributed by atoms with Crippen LogP contribution >= 0.6 is 0 Å². The monoisotopic (exact) mass is 344 g/mol. The number of amides is 1. The maximum absolute atomic E-state index is 12.4. The van der Waals surface area contributed by atoms with Crippen LogP contribution in [0, 0.1) is 11.3 Å². The molecule has 1 spiro atoms. The second-order valence-electron chi connectivity index (χ2n) is 6.70. The van der Waals surface area contributed by atoms with E-state index in [1.807, 2.05) is 24.3 Å². The van der Waals surface area contributed by atoms with E-state index in [0.717, 1.165) is 11.3 Å². The molecule has 0 aromatic heterocycles. The van der Waals surface area contributed by atoms with E-state index >= 15 is 0 Å². The number of aryl methyl sites for hydroxylation is 1. The molecule has 0 bridgehead atoms. The van der Waals surface area contributed by atoms with Crippen LogP contribution in [0.1, 0.15) is 37.7 Å². The molecule has 0 unspecified atom stereocenters. The highest BCUT2D eigenvalue weighted by Gasteiger charge is 2.47. The van der Waals surface area contributed by atoms with Crippen molar-refractivity contribution in [2.45, 2.75) is 49.9 Å². The van der Waals surface area contributed by atoms with Crippen molar-refractivity contribution in [1.82, 2.24) is 5.32 Å². The third kappa shape index (κ3) is 4.12. The minimum absolute atomic E-state index is 0.103. The standard InChI is InChI=1S/C19H24N2O4/c1-23-16-4-2-3-15(13-16)5-6-17(22)21-18(14-20)7-9-19(10-8-18)24-11-12-25-19/h2-4,13H,5-12H2,1H3,(H,21,22). The summed E-state index contributed by atoms with van der Waals surface area (Å²) in [6.45, 7) is 1.21. The summed E-state index contributed by atoms with van der Waals surface area (Å²) in [5, 5.41) is 12.6. The second kappa shape index (κ2) is 7.42. The number of carbonyl (C=O) groups is 1. The molecule has 1 aromatic carbocycles. The topological polar surface area (TPSA) is 80.6 Å². The van der Waals surface area contributed by atoms with E-state index in [2.05, 4.69) is 11.4 Å². The van der Waals surface area contributed by atoms with Crippen LogP contribution in [0.3, 0.4) is 0 Å². The SMILES string of the molecule is COc1cccc(CCC(=O)NC2(C#N)CCC3(CC2)OCCO3)c1. The zero-order valence-electron chi connectivity index (χ0n) is 14.5. The molecule has 0 radical (unpaired) electrons. The first-order valence-corrected chi connectivity index (χ1v) is 8.72. The molecule has 1 amide bonds. The van der Waals surface area contributed by atoms with Gasteiger partial charge in [-0.15, -0.1) is 0 Å². The van der Waals surface area contributed by atoms with Crippen LogP contribution in [0.2, 0.25) is 0 Å². The van der Waals surface area contributed by atoms with Crippen LogP contribution in [0.5, 0.6) is 5.75 Å². The van der Waals surface area contributed by atoms with Gasteiger partial charge in [-0.25, -0.2) is 0 Å². The smallest absolute Gasteiger partial charge is 0.221 e. The molecule has 1 aliphatic carbocycles. The average Bonchev–Trinajstić information content (AvgIpc) is 3.11. The van der Waals surface area contributed by atoms with Gasteiger partial charge in [-0.2, -0.15) is 5.26 Å². The molecule has 25 heavy (non-hydrogen) atoms. The van der Waals surface area contributed by atoms with Gasteiger partial charge < -0.3 is 19.5 Å². The van der Waals surface area contributed by atoms with Crippen LogP contribution in [-0.2, 0) is 20.7 Å². The first kappa shape index (κ1) is 17.7. The number of carbonyl (C=O) groups excluding carboxylic acids is 1. The molecule has 2 fully saturated rings. The lowest BCUT2D eigenvalue weighted by Crippen LogP contribution is -2.53. The van der Waals surface area contributed by atoms with Crippen molar-refractivity contribution in [3.8, 4) is 11.8 Å². The molecule has 1 saturated heterocycles. The van der Waals surface area contributed by atoms with Gasteiger partial charge in [0.05, 0.1) is 26.4 Å². The molecule has 134 valence electrons. The Morgan fingerprint density at radius 3 is 2.64 bits per heavy atom. The lowest BCUT2D eigenvalue weighted by Gasteiger charge is -2.40. The number of nitrogens with zero attached hydrogens (tertiary/aromatic N) is 1. The Morgan fingerprint density at radius 1 is 1.28 bits per heavy atom. The van der Waals surface area contributed by atoms with E-state index in [4.69, 9.17) is 14.2 Å². The van der Waals surface area contributed by atoms with Gasteiger partial charge in [0.1, 0.15) is 11.3 Å². The fourth-order valence-electron chi connectivity index (χ4n) is 3.52. The van der Waals surface area contributed by atoms with Crippen LogP contribution in [-0.4, -0.2) is 37.6 Å². The third-order valence-corrected chi connectivity index (χ3v) is 5.05. The molecule has 1 heterocycles. The number of methoxy groups -OCH3 is 1. The number of hydrogen-bond acceptors (Lipinski definition) is 5. The highest BCUT2D eigenvalue weighted by Crippen LogP contribution is 2.40. The Morgan fingerprint density at radius 2 is 2.00 bits per heavy atom. The minimum atomic E-state index is -0.813. The van der Waals surface area contributed by atoms with Crippen molar-refractivity contribution in [1.29, 1.82) is 5.26 Å². The molecule has 6 heteroatoms. The molecule has 0 atom stereocenters. The first-order chi connectivity index (χ1) is 12.1. The van der Waals surface area contributed by atoms with Crippen molar-refractivity contribution >= 4 is 5.91 Å². The predicted octanol–water partition coefficient (Wildman–Crippen LogP) is 2.32. The summed E-state index contributed by atoms with van der Waals surface area (Å²) in [6, 6.07) is 9.98. The number of nitriles is 1. The second-order valence-corrected chi connectivity index (χ2v) is 6.70. The van der Waals surface area contributed by atoms with Crippen molar-refractivity contribution in [3.63, 3.8) is 0 Å². The van der Waals surface area contributed by atoms with Crippen LogP contribution in [0.25, 0.3) is 0 Å². The number of benzene rings is 1. The van der Waals surface area contributed by atoms with Crippen LogP contribution < -0.4 is 10.1 Å². The summed E-state index contributed by atoms with van der Waals surface area (Å²) in [5.41, 5.74) is 0.224. The van der Waals surface area contributed by atoms with E-state index in [9.17, 15) is 10.1 Å².